The fraction of sp³-hybridized carbons (Fsp3) is 0.438. The summed E-state index contributed by atoms with van der Waals surface area (Å²) < 4.78 is 27.7. The van der Waals surface area contributed by atoms with E-state index in [0.29, 0.717) is 12.8 Å². The summed E-state index contributed by atoms with van der Waals surface area (Å²) in [4.78, 5) is 12.7. The lowest BCUT2D eigenvalue weighted by Gasteiger charge is -2.39. The van der Waals surface area contributed by atoms with Crippen molar-refractivity contribution in [1.29, 1.82) is 0 Å². The number of rotatable bonds is 4. The lowest BCUT2D eigenvalue weighted by Crippen LogP contribution is -2.53. The lowest BCUT2D eigenvalue weighted by molar-refractivity contribution is -0.151. The average molecular weight is 262 g/mol. The molecule has 0 spiro atoms. The van der Waals surface area contributed by atoms with Gasteiger partial charge >= 0.3 is 5.97 Å². The van der Waals surface area contributed by atoms with Crippen molar-refractivity contribution in [3.63, 3.8) is 0 Å². The van der Waals surface area contributed by atoms with E-state index in [2.05, 4.69) is 5.32 Å². The number of allylic oxidation sites excluding steroid dienone is 1. The third-order valence-electron chi connectivity index (χ3n) is 3.65. The van der Waals surface area contributed by atoms with E-state index in [1.54, 1.807) is 13.0 Å². The number of carbonyl (C=O) groups excluding carboxylic acids is 1. The molecule has 2 atom stereocenters. The highest BCUT2D eigenvalue weighted by Crippen LogP contribution is 2.38. The van der Waals surface area contributed by atoms with Gasteiger partial charge in [-0.05, 0) is 32.3 Å². The van der Waals surface area contributed by atoms with Crippen molar-refractivity contribution in [2.45, 2.75) is 31.2 Å². The highest BCUT2D eigenvalue weighted by atomic mass is 16.5. The van der Waals surface area contributed by atoms with Gasteiger partial charge in [0.05, 0.1) is 6.61 Å². The van der Waals surface area contributed by atoms with Crippen LogP contribution in [0.25, 0.3) is 0 Å². The van der Waals surface area contributed by atoms with Crippen molar-refractivity contribution in [3.8, 4) is 0 Å². The van der Waals surface area contributed by atoms with Gasteiger partial charge in [0.25, 0.3) is 0 Å². The number of carbonyl (C=O) groups is 1. The van der Waals surface area contributed by atoms with Crippen LogP contribution in [0.1, 0.15) is 29.4 Å². The molecule has 1 aromatic carbocycles. The molecular weight excluding hydrogens is 238 g/mol. The van der Waals surface area contributed by atoms with Gasteiger partial charge in [0.1, 0.15) is 5.41 Å². The van der Waals surface area contributed by atoms with E-state index in [1.165, 1.54) is 0 Å². The van der Waals surface area contributed by atoms with E-state index >= 15 is 0 Å². The van der Waals surface area contributed by atoms with Crippen LogP contribution < -0.4 is 5.32 Å². The molecule has 0 saturated heterocycles. The Morgan fingerprint density at radius 1 is 1.53 bits per heavy atom. The van der Waals surface area contributed by atoms with Gasteiger partial charge in [-0.1, -0.05) is 42.5 Å². The zero-order valence-electron chi connectivity index (χ0n) is 14.1. The average Bonchev–Trinajstić information content (AvgIpc) is 2.47. The monoisotopic (exact) mass is 262 g/mol. The van der Waals surface area contributed by atoms with Crippen LogP contribution in [0, 0.1) is 0 Å². The van der Waals surface area contributed by atoms with Gasteiger partial charge in [0.15, 0.2) is 0 Å². The van der Waals surface area contributed by atoms with Crippen LogP contribution in [-0.4, -0.2) is 25.6 Å². The molecule has 0 radical (unpaired) electrons. The maximum atomic E-state index is 12.7. The summed E-state index contributed by atoms with van der Waals surface area (Å²) in [5, 5.41) is 2.60. The van der Waals surface area contributed by atoms with Crippen LogP contribution >= 0.6 is 0 Å². The number of nitrogens with one attached hydrogen (secondary N) is 1. The fourth-order valence-electron chi connectivity index (χ4n) is 2.70. The Morgan fingerprint density at radius 2 is 2.32 bits per heavy atom. The molecule has 2 rings (SSSR count). The number of esters is 1. The van der Waals surface area contributed by atoms with E-state index in [4.69, 9.17) is 8.85 Å². The van der Waals surface area contributed by atoms with Crippen molar-refractivity contribution in [2.75, 3.05) is 13.6 Å². The molecule has 0 heterocycles. The number of likely N-dealkylation sites (N-methyl/N-ethyl adjacent to an activating group) is 1. The highest BCUT2D eigenvalue weighted by molar-refractivity contribution is 5.85. The van der Waals surface area contributed by atoms with E-state index in [9.17, 15) is 4.79 Å². The second-order valence-corrected chi connectivity index (χ2v) is 4.65. The van der Waals surface area contributed by atoms with Crippen molar-refractivity contribution in [2.24, 2.45) is 0 Å². The Bertz CT molecular complexity index is 542. The van der Waals surface area contributed by atoms with Gasteiger partial charge in [0, 0.05) is 10.2 Å². The normalized spacial score (nSPS) is 29.1. The molecule has 3 nitrogen and oxygen atoms in total. The Morgan fingerprint density at radius 3 is 3.00 bits per heavy atom. The molecule has 0 saturated carbocycles. The van der Waals surface area contributed by atoms with Crippen LogP contribution in [0.3, 0.4) is 0 Å². The van der Waals surface area contributed by atoms with Crippen molar-refractivity contribution in [3.05, 3.63) is 48.0 Å². The maximum Gasteiger partial charge on any atom is 0.318 e. The second-order valence-electron chi connectivity index (χ2n) is 4.65. The summed E-state index contributed by atoms with van der Waals surface area (Å²) in [6.45, 7) is -0.321. The standard InChI is InChI=1S/C16H21NO2/c1-3-19-15(18)16(13-9-5-4-6-10-13)12-8-7-11-14(16)17-2/h4-7,9-11,14,17H,3,8,12H2,1-2H3/t14-,16+/m1/s1/i2D3. The molecule has 1 aliphatic rings. The van der Waals surface area contributed by atoms with Crippen LogP contribution in [0.4, 0.5) is 0 Å². The Kier molecular flexibility index (Phi) is 3.24. The minimum Gasteiger partial charge on any atom is -0.465 e. The first-order chi connectivity index (χ1) is 10.4. The summed E-state index contributed by atoms with van der Waals surface area (Å²) >= 11 is 0. The summed E-state index contributed by atoms with van der Waals surface area (Å²) in [7, 11) is 0. The number of benzene rings is 1. The molecule has 19 heavy (non-hydrogen) atoms. The Hall–Kier alpha value is -1.61. The van der Waals surface area contributed by atoms with Crippen LogP contribution in [0.2, 0.25) is 0 Å². The molecule has 0 unspecified atom stereocenters. The molecule has 1 aromatic rings. The highest BCUT2D eigenvalue weighted by Gasteiger charge is 2.47. The first kappa shape index (κ1) is 10.2. The number of hydrogen-bond donors (Lipinski definition) is 1. The quantitative estimate of drug-likeness (QED) is 0.669. The minimum atomic E-state index is -2.33. The van der Waals surface area contributed by atoms with Gasteiger partial charge in [-0.2, -0.15) is 0 Å². The number of ether oxygens (including phenoxy) is 1. The molecule has 1 N–H and O–H groups in total. The van der Waals surface area contributed by atoms with Crippen LogP contribution in [-0.2, 0) is 14.9 Å². The fourth-order valence-corrected chi connectivity index (χ4v) is 2.70. The van der Waals surface area contributed by atoms with Crippen LogP contribution in [0.15, 0.2) is 42.5 Å². The van der Waals surface area contributed by atoms with Gasteiger partial charge in [-0.15, -0.1) is 0 Å². The maximum absolute atomic E-state index is 12.7. The molecule has 0 aromatic heterocycles. The predicted molar refractivity (Wildman–Crippen MR) is 76.0 cm³/mol. The van der Waals surface area contributed by atoms with Crippen molar-refractivity contribution < 1.29 is 13.6 Å². The van der Waals surface area contributed by atoms with Gasteiger partial charge in [0.2, 0.25) is 0 Å². The van der Waals surface area contributed by atoms with E-state index in [1.807, 2.05) is 36.4 Å². The first-order valence-electron chi connectivity index (χ1n) is 8.07. The van der Waals surface area contributed by atoms with Gasteiger partial charge in [-0.3, -0.25) is 4.79 Å². The van der Waals surface area contributed by atoms with Crippen molar-refractivity contribution >= 4 is 5.97 Å². The Labute approximate surface area is 118 Å². The first-order valence-corrected chi connectivity index (χ1v) is 6.57. The third kappa shape index (κ3) is 2.43. The third-order valence-corrected chi connectivity index (χ3v) is 3.65. The smallest absolute Gasteiger partial charge is 0.318 e. The molecule has 1 aliphatic carbocycles. The summed E-state index contributed by atoms with van der Waals surface area (Å²) in [5.41, 5.74) is -0.236. The topological polar surface area (TPSA) is 38.3 Å². The SMILES string of the molecule is [2H]C([2H])([2H])N[C@@H]1C=CCC[C@]1(C(=O)OCC)c1ccccc1. The molecule has 0 fully saturated rings. The predicted octanol–water partition coefficient (Wildman–Crippen LogP) is 2.43. The van der Waals surface area contributed by atoms with E-state index in [0.717, 1.165) is 5.56 Å². The molecule has 3 heteroatoms. The summed E-state index contributed by atoms with van der Waals surface area (Å²) in [6, 6.07) is 8.64. The lowest BCUT2D eigenvalue weighted by atomic mass is 9.68. The summed E-state index contributed by atoms with van der Waals surface area (Å²) in [5.74, 6) is -0.382. The van der Waals surface area contributed by atoms with Gasteiger partial charge < -0.3 is 10.1 Å². The van der Waals surface area contributed by atoms with Crippen LogP contribution in [0.5, 0.6) is 0 Å². The minimum absolute atomic E-state index is 0.262. The summed E-state index contributed by atoms with van der Waals surface area (Å²) in [6.07, 6.45) is 4.89. The number of hydrogen-bond acceptors (Lipinski definition) is 3. The van der Waals surface area contributed by atoms with Gasteiger partial charge in [-0.25, -0.2) is 0 Å². The zero-order chi connectivity index (χ0) is 16.2. The molecular formula is C16H21NO2. The molecule has 102 valence electrons. The van der Waals surface area contributed by atoms with E-state index < -0.39 is 18.4 Å². The van der Waals surface area contributed by atoms with E-state index in [-0.39, 0.29) is 12.6 Å². The zero-order valence-corrected chi connectivity index (χ0v) is 11.1. The molecule has 0 bridgehead atoms. The second kappa shape index (κ2) is 6.02. The molecule has 0 aliphatic heterocycles. The Balaban J connectivity index is 2.50. The molecule has 0 amide bonds. The largest absolute Gasteiger partial charge is 0.465 e. The van der Waals surface area contributed by atoms with Crippen molar-refractivity contribution in [1.82, 2.24) is 5.32 Å².